The molecule has 11 heteroatoms. The van der Waals surface area contributed by atoms with E-state index in [0.29, 0.717) is 35.9 Å². The molecule has 2 amide bonds. The molecule has 0 aliphatic carbocycles. The molecule has 0 bridgehead atoms. The Morgan fingerprint density at radius 1 is 1.19 bits per heavy atom. The molecule has 1 N–H and O–H groups in total. The van der Waals surface area contributed by atoms with Crippen molar-refractivity contribution >= 4 is 28.5 Å². The topological polar surface area (TPSA) is 83.0 Å². The minimum absolute atomic E-state index is 0.230. The molecule has 2 heterocycles. The minimum Gasteiger partial charge on any atom is -0.478 e. The lowest BCUT2D eigenvalue weighted by Crippen LogP contribution is -2.43. The van der Waals surface area contributed by atoms with Crippen molar-refractivity contribution in [2.24, 2.45) is 0 Å². The number of carboxylic acids is 1. The zero-order valence-electron chi connectivity index (χ0n) is 21.4. The molecule has 1 aliphatic rings. The number of ether oxygens (including phenoxy) is 1. The Morgan fingerprint density at radius 3 is 2.56 bits per heavy atom. The van der Waals surface area contributed by atoms with Crippen LogP contribution in [0.3, 0.4) is 0 Å². The van der Waals surface area contributed by atoms with Crippen LogP contribution < -0.4 is 9.64 Å². The zero-order valence-corrected chi connectivity index (χ0v) is 20.2. The van der Waals surface area contributed by atoms with E-state index < -0.39 is 30.2 Å². The van der Waals surface area contributed by atoms with Crippen LogP contribution in [0.1, 0.15) is 33.2 Å². The van der Waals surface area contributed by atoms with Crippen molar-refractivity contribution in [1.29, 1.82) is 0 Å². The number of nitrogens with zero attached hydrogens (tertiary/aromatic N) is 3. The van der Waals surface area contributed by atoms with Gasteiger partial charge in [-0.25, -0.2) is 14.6 Å². The molecule has 1 atom stereocenters. The van der Waals surface area contributed by atoms with Gasteiger partial charge < -0.3 is 14.7 Å². The predicted molar refractivity (Wildman–Crippen MR) is 129 cm³/mol. The Balaban J connectivity index is 1.44. The summed E-state index contributed by atoms with van der Waals surface area (Å²) in [6.07, 6.45) is -3.94. The molecular formula is C25H24F3N3O4S. The molecule has 3 aromatic rings. The first kappa shape index (κ1) is 22.8. The second kappa shape index (κ2) is 9.45. The largest absolute Gasteiger partial charge is 0.478 e. The molecule has 0 fully saturated rings. The molecule has 0 radical (unpaired) electrons. The summed E-state index contributed by atoms with van der Waals surface area (Å²) in [4.78, 5) is 32.2. The highest BCUT2D eigenvalue weighted by Crippen LogP contribution is 2.33. The maximum absolute atomic E-state index is 13.2. The van der Waals surface area contributed by atoms with Crippen molar-refractivity contribution in [3.05, 3.63) is 64.5 Å². The second-order valence-corrected chi connectivity index (χ2v) is 9.38. The molecule has 1 aliphatic heterocycles. The second-order valence-electron chi connectivity index (χ2n) is 8.55. The first-order valence-electron chi connectivity index (χ1n) is 12.0. The van der Waals surface area contributed by atoms with Gasteiger partial charge in [0.15, 0.2) is 10.7 Å². The van der Waals surface area contributed by atoms with Gasteiger partial charge in [-0.15, -0.1) is 11.3 Å². The van der Waals surface area contributed by atoms with E-state index in [0.717, 1.165) is 23.3 Å². The van der Waals surface area contributed by atoms with Gasteiger partial charge in [0.25, 0.3) is 0 Å². The van der Waals surface area contributed by atoms with Crippen molar-refractivity contribution < 1.29 is 35.3 Å². The number of aliphatic carboxylic acids is 1. The van der Waals surface area contributed by atoms with Gasteiger partial charge in [-0.05, 0) is 55.6 Å². The molecule has 190 valence electrons. The van der Waals surface area contributed by atoms with Crippen LogP contribution in [0.2, 0.25) is 0 Å². The summed E-state index contributed by atoms with van der Waals surface area (Å²) >= 11 is 1.20. The Labute approximate surface area is 212 Å². The first-order chi connectivity index (χ1) is 17.8. The van der Waals surface area contributed by atoms with Gasteiger partial charge in [0.1, 0.15) is 5.75 Å². The van der Waals surface area contributed by atoms with Gasteiger partial charge in [0.05, 0.1) is 11.3 Å². The Kier molecular flexibility index (Phi) is 6.00. The van der Waals surface area contributed by atoms with Crippen molar-refractivity contribution in [2.75, 3.05) is 18.5 Å². The number of halogens is 3. The lowest BCUT2D eigenvalue weighted by atomic mass is 9.99. The summed E-state index contributed by atoms with van der Waals surface area (Å²) in [6.45, 7) is 0.111. The van der Waals surface area contributed by atoms with Gasteiger partial charge in [-0.3, -0.25) is 4.90 Å². The fourth-order valence-electron chi connectivity index (χ4n) is 3.72. The van der Waals surface area contributed by atoms with Crippen LogP contribution in [-0.4, -0.2) is 46.2 Å². The van der Waals surface area contributed by atoms with Crippen molar-refractivity contribution in [1.82, 2.24) is 9.88 Å². The lowest BCUT2D eigenvalue weighted by molar-refractivity contribution is -0.152. The summed E-state index contributed by atoms with van der Waals surface area (Å²) in [5.41, 5.74) is -0.0904. The van der Waals surface area contributed by atoms with Crippen LogP contribution in [-0.2, 0) is 23.9 Å². The summed E-state index contributed by atoms with van der Waals surface area (Å²) in [7, 11) is 1.58. The molecular weight excluding hydrogens is 495 g/mol. The van der Waals surface area contributed by atoms with Crippen LogP contribution >= 0.6 is 11.3 Å². The zero-order chi connectivity index (χ0) is 27.8. The maximum atomic E-state index is 13.2. The number of urea groups is 1. The van der Waals surface area contributed by atoms with E-state index >= 15 is 0 Å². The molecule has 4 rings (SSSR count). The lowest BCUT2D eigenvalue weighted by Gasteiger charge is -2.32. The summed E-state index contributed by atoms with van der Waals surface area (Å²) in [5, 5.41) is 11.5. The molecule has 0 spiro atoms. The Morgan fingerprint density at radius 2 is 1.92 bits per heavy atom. The van der Waals surface area contributed by atoms with Crippen LogP contribution in [0.15, 0.2) is 47.8 Å². The normalized spacial score (nSPS) is 16.0. The average molecular weight is 522 g/mol. The minimum atomic E-state index is -4.42. The third-order valence-electron chi connectivity index (χ3n) is 5.79. The summed E-state index contributed by atoms with van der Waals surface area (Å²) < 4.78 is 59.1. The van der Waals surface area contributed by atoms with Crippen molar-refractivity contribution in [3.63, 3.8) is 0 Å². The summed E-state index contributed by atoms with van der Waals surface area (Å²) in [6, 6.07) is 9.32. The third-order valence-corrected chi connectivity index (χ3v) is 6.71. The fraction of sp³-hybridized carbons (Fsp3) is 0.320. The number of anilines is 1. The van der Waals surface area contributed by atoms with Crippen LogP contribution in [0.5, 0.6) is 5.75 Å². The number of rotatable bonds is 5. The number of benzene rings is 2. The number of carboxylic acid groups (broad SMARTS) is 1. The Bertz CT molecular complexity index is 1350. The molecule has 36 heavy (non-hydrogen) atoms. The van der Waals surface area contributed by atoms with Gasteiger partial charge >= 0.3 is 18.2 Å². The van der Waals surface area contributed by atoms with E-state index in [1.807, 2.05) is 0 Å². The number of hydrogen-bond donors (Lipinski definition) is 1. The SMILES string of the molecule is [2H]C([2H])C(C)(Oc1ccc2c(c1)CCN(C(=O)N(C)c1nc(-c3ccc(C(F)(F)F)cc3)cs1)C2)C(=O)O. The smallest absolute Gasteiger partial charge is 0.416 e. The van der Waals surface area contributed by atoms with E-state index in [4.69, 9.17) is 7.48 Å². The number of alkyl halides is 3. The number of aromatic nitrogens is 1. The molecule has 1 unspecified atom stereocenters. The number of thiazole rings is 1. The Hall–Kier alpha value is -3.60. The van der Waals surface area contributed by atoms with Gasteiger partial charge in [0.2, 0.25) is 0 Å². The number of fused-ring (bicyclic) bond motifs is 1. The number of amides is 2. The van der Waals surface area contributed by atoms with Gasteiger partial charge in [0, 0.05) is 33.8 Å². The van der Waals surface area contributed by atoms with E-state index in [9.17, 15) is 27.9 Å². The third kappa shape index (κ3) is 5.30. The van der Waals surface area contributed by atoms with Crippen molar-refractivity contribution in [2.45, 2.75) is 38.5 Å². The van der Waals surface area contributed by atoms with E-state index in [1.54, 1.807) is 35.5 Å². The highest BCUT2D eigenvalue weighted by Gasteiger charge is 2.31. The number of hydrogen-bond acceptors (Lipinski definition) is 5. The monoisotopic (exact) mass is 521 g/mol. The quantitative estimate of drug-likeness (QED) is 0.467. The summed E-state index contributed by atoms with van der Waals surface area (Å²) in [5.74, 6) is -1.18. The number of carbonyl (C=O) groups is 2. The van der Waals surface area contributed by atoms with Crippen LogP contribution in [0.4, 0.5) is 23.1 Å². The fourth-order valence-corrected chi connectivity index (χ4v) is 4.51. The average Bonchev–Trinajstić information content (AvgIpc) is 3.37. The van der Waals surface area contributed by atoms with E-state index in [-0.39, 0.29) is 11.8 Å². The molecule has 0 saturated carbocycles. The van der Waals surface area contributed by atoms with E-state index in [1.165, 1.54) is 35.3 Å². The van der Waals surface area contributed by atoms with Gasteiger partial charge in [-0.1, -0.05) is 18.2 Å². The van der Waals surface area contributed by atoms with Crippen LogP contribution in [0.25, 0.3) is 11.3 Å². The highest BCUT2D eigenvalue weighted by molar-refractivity contribution is 7.14. The maximum Gasteiger partial charge on any atom is 0.416 e. The van der Waals surface area contributed by atoms with Crippen molar-refractivity contribution in [3.8, 4) is 17.0 Å². The first-order valence-corrected chi connectivity index (χ1v) is 11.7. The van der Waals surface area contributed by atoms with Crippen LogP contribution in [0, 0.1) is 0 Å². The molecule has 1 aromatic heterocycles. The highest BCUT2D eigenvalue weighted by atomic mass is 32.1. The predicted octanol–water partition coefficient (Wildman–Crippen LogP) is 5.69. The standard InChI is InChI=1S/C25H24F3N3O4S/c1-24(2,21(32)33)35-19-9-6-17-13-31(11-10-16(17)12-19)23(34)30(3)22-29-20(14-36-22)15-4-7-18(8-5-15)25(26,27)28/h4-9,12,14H,10-11,13H2,1-3H3,(H,32,33)/i1D2. The van der Waals surface area contributed by atoms with E-state index in [2.05, 4.69) is 4.98 Å². The molecule has 7 nitrogen and oxygen atoms in total. The molecule has 0 saturated heterocycles. The molecule has 2 aromatic carbocycles. The number of carbonyl (C=O) groups excluding carboxylic acids is 1. The van der Waals surface area contributed by atoms with Gasteiger partial charge in [-0.2, -0.15) is 13.2 Å².